The van der Waals surface area contributed by atoms with Crippen molar-refractivity contribution in [3.63, 3.8) is 0 Å². The lowest BCUT2D eigenvalue weighted by molar-refractivity contribution is -0.274. The van der Waals surface area contributed by atoms with Gasteiger partial charge in [0, 0.05) is 18.5 Å². The third-order valence-corrected chi connectivity index (χ3v) is 6.18. The molecule has 3 N–H and O–H groups in total. The Morgan fingerprint density at radius 1 is 0.976 bits per heavy atom. The molecular weight excluding hydrogens is 557 g/mol. The summed E-state index contributed by atoms with van der Waals surface area (Å²) in [5.74, 6) is 6.33. The summed E-state index contributed by atoms with van der Waals surface area (Å²) in [6.07, 6.45) is -3.18. The van der Waals surface area contributed by atoms with Gasteiger partial charge in [-0.1, -0.05) is 47.7 Å². The number of rotatable bonds is 6. The second-order valence-electron chi connectivity index (χ2n) is 8.62. The molecule has 0 fully saturated rings. The van der Waals surface area contributed by atoms with Crippen molar-refractivity contribution in [3.8, 4) is 23.3 Å². The molecule has 5 aromatic rings. The van der Waals surface area contributed by atoms with Crippen molar-refractivity contribution in [2.75, 3.05) is 17.6 Å². The van der Waals surface area contributed by atoms with Crippen molar-refractivity contribution in [1.82, 2.24) is 19.5 Å². The van der Waals surface area contributed by atoms with Gasteiger partial charge in [-0.15, -0.1) is 13.2 Å². The standard InChI is InChI=1S/C29H20ClF3N6O2/c30-22-7-4-8-23-25(22)28(40)39(19-5-2-1-3-6-19)24(38-23)15-16-35-27-21(26(34)36-17-37-27)14-11-18-9-12-20(13-10-18)41-29(31,32)33/h1-10,12-13,17H,15-16H2,(H3,34,35,36,37). The molecule has 0 unspecified atom stereocenters. The van der Waals surface area contributed by atoms with Crippen LogP contribution in [-0.4, -0.2) is 32.4 Å². The Morgan fingerprint density at radius 2 is 1.73 bits per heavy atom. The number of nitrogen functional groups attached to an aromatic ring is 1. The quantitative estimate of drug-likeness (QED) is 0.262. The number of anilines is 2. The molecule has 206 valence electrons. The first-order chi connectivity index (χ1) is 19.7. The molecule has 12 heteroatoms. The van der Waals surface area contributed by atoms with Gasteiger partial charge in [-0.25, -0.2) is 15.0 Å². The summed E-state index contributed by atoms with van der Waals surface area (Å²) >= 11 is 6.34. The zero-order valence-electron chi connectivity index (χ0n) is 21.1. The molecule has 2 heterocycles. The number of nitrogens with zero attached hydrogens (tertiary/aromatic N) is 4. The van der Waals surface area contributed by atoms with Crippen LogP contribution in [0.1, 0.15) is 17.0 Å². The molecule has 5 rings (SSSR count). The Kier molecular flexibility index (Phi) is 7.76. The molecular formula is C29H20ClF3N6O2. The maximum absolute atomic E-state index is 13.5. The summed E-state index contributed by atoms with van der Waals surface area (Å²) in [5, 5.41) is 3.82. The van der Waals surface area contributed by atoms with Gasteiger partial charge >= 0.3 is 6.36 Å². The minimum atomic E-state index is -4.78. The van der Waals surface area contributed by atoms with Gasteiger partial charge in [0.2, 0.25) is 0 Å². The Hall–Kier alpha value is -5.08. The average Bonchev–Trinajstić information content (AvgIpc) is 2.93. The van der Waals surface area contributed by atoms with E-state index in [-0.39, 0.29) is 17.1 Å². The smallest absolute Gasteiger partial charge is 0.406 e. The van der Waals surface area contributed by atoms with Gasteiger partial charge in [-0.3, -0.25) is 9.36 Å². The highest BCUT2D eigenvalue weighted by atomic mass is 35.5. The van der Waals surface area contributed by atoms with Crippen LogP contribution >= 0.6 is 11.6 Å². The Bertz CT molecular complexity index is 1830. The van der Waals surface area contributed by atoms with Gasteiger partial charge in [0.05, 0.1) is 21.6 Å². The predicted molar refractivity (Wildman–Crippen MR) is 150 cm³/mol. The van der Waals surface area contributed by atoms with Crippen LogP contribution in [-0.2, 0) is 6.42 Å². The lowest BCUT2D eigenvalue weighted by Crippen LogP contribution is -2.25. The minimum Gasteiger partial charge on any atom is -0.406 e. The highest BCUT2D eigenvalue weighted by Crippen LogP contribution is 2.23. The number of fused-ring (bicyclic) bond motifs is 1. The lowest BCUT2D eigenvalue weighted by Gasteiger charge is -2.15. The molecule has 2 aromatic heterocycles. The molecule has 8 nitrogen and oxygen atoms in total. The molecule has 0 amide bonds. The van der Waals surface area contributed by atoms with E-state index in [1.807, 2.05) is 30.3 Å². The fourth-order valence-electron chi connectivity index (χ4n) is 4.07. The monoisotopic (exact) mass is 576 g/mol. The van der Waals surface area contributed by atoms with Crippen LogP contribution in [0.2, 0.25) is 5.02 Å². The van der Waals surface area contributed by atoms with Crippen molar-refractivity contribution in [3.05, 3.63) is 111 Å². The maximum Gasteiger partial charge on any atom is 0.573 e. The van der Waals surface area contributed by atoms with Crippen LogP contribution in [0.3, 0.4) is 0 Å². The zero-order valence-corrected chi connectivity index (χ0v) is 21.9. The topological polar surface area (TPSA) is 108 Å². The molecule has 0 aliphatic heterocycles. The second-order valence-corrected chi connectivity index (χ2v) is 9.03. The molecule has 0 aliphatic rings. The van der Waals surface area contributed by atoms with Gasteiger partial charge in [0.15, 0.2) is 0 Å². The SMILES string of the molecule is Nc1ncnc(NCCc2nc3cccc(Cl)c3c(=O)n2-c2ccccc2)c1C#Cc1ccc(OC(F)(F)F)cc1. The van der Waals surface area contributed by atoms with E-state index >= 15 is 0 Å². The number of benzene rings is 3. The van der Waals surface area contributed by atoms with Gasteiger partial charge in [-0.05, 0) is 48.5 Å². The third-order valence-electron chi connectivity index (χ3n) is 5.87. The second kappa shape index (κ2) is 11.6. The third kappa shape index (κ3) is 6.40. The lowest BCUT2D eigenvalue weighted by atomic mass is 10.2. The van der Waals surface area contributed by atoms with E-state index in [1.165, 1.54) is 23.0 Å². The Labute approximate surface area is 236 Å². The number of hydrogen-bond donors (Lipinski definition) is 2. The van der Waals surface area contributed by atoms with Gasteiger partial charge in [-0.2, -0.15) is 0 Å². The normalized spacial score (nSPS) is 11.1. The predicted octanol–water partition coefficient (Wildman–Crippen LogP) is 5.36. The van der Waals surface area contributed by atoms with Gasteiger partial charge < -0.3 is 15.8 Å². The molecule has 0 radical (unpaired) electrons. The number of alkyl halides is 3. The first kappa shape index (κ1) is 27.5. The van der Waals surface area contributed by atoms with Crippen LogP contribution in [0.15, 0.2) is 83.9 Å². The Morgan fingerprint density at radius 3 is 2.46 bits per heavy atom. The highest BCUT2D eigenvalue weighted by Gasteiger charge is 2.30. The number of aromatic nitrogens is 4. The van der Waals surface area contributed by atoms with E-state index in [4.69, 9.17) is 22.3 Å². The van der Waals surface area contributed by atoms with Crippen molar-refractivity contribution in [1.29, 1.82) is 0 Å². The molecule has 0 saturated heterocycles. The van der Waals surface area contributed by atoms with E-state index in [1.54, 1.807) is 18.2 Å². The zero-order chi connectivity index (χ0) is 29.0. The minimum absolute atomic E-state index is 0.117. The van der Waals surface area contributed by atoms with Crippen molar-refractivity contribution >= 4 is 34.1 Å². The number of halogens is 4. The summed E-state index contributed by atoms with van der Waals surface area (Å²) in [4.78, 5) is 26.5. The molecule has 3 aromatic carbocycles. The molecule has 0 atom stereocenters. The van der Waals surface area contributed by atoms with Crippen molar-refractivity contribution in [2.24, 2.45) is 0 Å². The average molecular weight is 577 g/mol. The number of para-hydroxylation sites is 1. The first-order valence-electron chi connectivity index (χ1n) is 12.2. The van der Waals surface area contributed by atoms with Crippen LogP contribution in [0.4, 0.5) is 24.8 Å². The molecule has 0 bridgehead atoms. The van der Waals surface area contributed by atoms with E-state index in [2.05, 4.69) is 31.9 Å². The summed E-state index contributed by atoms with van der Waals surface area (Å²) < 4.78 is 42.6. The summed E-state index contributed by atoms with van der Waals surface area (Å²) in [5.41, 5.74) is 7.63. The van der Waals surface area contributed by atoms with E-state index in [9.17, 15) is 18.0 Å². The number of nitrogens with two attached hydrogens (primary N) is 1. The summed E-state index contributed by atoms with van der Waals surface area (Å²) in [6.45, 7) is 0.306. The molecule has 0 aliphatic carbocycles. The van der Waals surface area contributed by atoms with E-state index in [0.29, 0.717) is 57.3 Å². The maximum atomic E-state index is 13.5. The Balaban J connectivity index is 1.40. The van der Waals surface area contributed by atoms with E-state index < -0.39 is 6.36 Å². The largest absolute Gasteiger partial charge is 0.573 e. The summed E-state index contributed by atoms with van der Waals surface area (Å²) in [7, 11) is 0. The fraction of sp³-hybridized carbons (Fsp3) is 0.103. The highest BCUT2D eigenvalue weighted by molar-refractivity contribution is 6.35. The molecule has 0 saturated carbocycles. The van der Waals surface area contributed by atoms with Crippen molar-refractivity contribution < 1.29 is 17.9 Å². The van der Waals surface area contributed by atoms with Crippen LogP contribution in [0.5, 0.6) is 5.75 Å². The fourth-order valence-corrected chi connectivity index (χ4v) is 4.32. The first-order valence-corrected chi connectivity index (χ1v) is 12.5. The molecule has 41 heavy (non-hydrogen) atoms. The summed E-state index contributed by atoms with van der Waals surface area (Å²) in [6, 6.07) is 19.3. The number of nitrogens with one attached hydrogen (secondary N) is 1. The van der Waals surface area contributed by atoms with Gasteiger partial charge in [0.1, 0.15) is 35.1 Å². The number of ether oxygens (including phenoxy) is 1. The van der Waals surface area contributed by atoms with Gasteiger partial charge in [0.25, 0.3) is 5.56 Å². The van der Waals surface area contributed by atoms with Crippen LogP contribution < -0.4 is 21.3 Å². The number of hydrogen-bond acceptors (Lipinski definition) is 7. The molecule has 0 spiro atoms. The van der Waals surface area contributed by atoms with Crippen LogP contribution in [0.25, 0.3) is 16.6 Å². The van der Waals surface area contributed by atoms with Crippen molar-refractivity contribution in [2.45, 2.75) is 12.8 Å². The van der Waals surface area contributed by atoms with Crippen LogP contribution in [0, 0.1) is 11.8 Å². The van der Waals surface area contributed by atoms with E-state index in [0.717, 1.165) is 12.1 Å².